The molecule has 1 aliphatic rings. The molecule has 0 radical (unpaired) electrons. The molecule has 0 unspecified atom stereocenters. The van der Waals surface area contributed by atoms with Gasteiger partial charge in [-0.2, -0.15) is 11.8 Å². The van der Waals surface area contributed by atoms with Crippen LogP contribution in [0.1, 0.15) is 5.56 Å². The predicted octanol–water partition coefficient (Wildman–Crippen LogP) is 1.93. The van der Waals surface area contributed by atoms with Gasteiger partial charge in [-0.15, -0.1) is 0 Å². The molecule has 0 spiro atoms. The molecule has 0 aliphatic carbocycles. The van der Waals surface area contributed by atoms with Crippen LogP contribution in [0.4, 0.5) is 0 Å². The van der Waals surface area contributed by atoms with Gasteiger partial charge in [-0.05, 0) is 24.0 Å². The van der Waals surface area contributed by atoms with E-state index in [1.807, 2.05) is 24.5 Å². The number of hydrogen-bond donors (Lipinski definition) is 1. The zero-order chi connectivity index (χ0) is 15.4. The first kappa shape index (κ1) is 14.8. The maximum absolute atomic E-state index is 11.6. The number of hydrogen-bond acceptors (Lipinski definition) is 5. The van der Waals surface area contributed by atoms with Crippen molar-refractivity contribution in [3.8, 4) is 17.1 Å². The first-order chi connectivity index (χ1) is 10.8. The highest BCUT2D eigenvalue weighted by Gasteiger charge is 2.26. The Morgan fingerprint density at radius 2 is 2.18 bits per heavy atom. The van der Waals surface area contributed by atoms with E-state index in [0.29, 0.717) is 18.1 Å². The molecule has 0 fully saturated rings. The van der Waals surface area contributed by atoms with Crippen LogP contribution in [0.5, 0.6) is 5.75 Å². The minimum Gasteiger partial charge on any atom is -0.487 e. The first-order valence-electron chi connectivity index (χ1n) is 7.09. The maximum atomic E-state index is 11.6. The second kappa shape index (κ2) is 6.79. The van der Waals surface area contributed by atoms with Crippen LogP contribution in [-0.2, 0) is 11.2 Å². The lowest BCUT2D eigenvalue weighted by Crippen LogP contribution is -2.35. The summed E-state index contributed by atoms with van der Waals surface area (Å²) in [6.45, 7) is 0.517. The highest BCUT2D eigenvalue weighted by molar-refractivity contribution is 7.99. The van der Waals surface area contributed by atoms with Gasteiger partial charge in [0.25, 0.3) is 0 Å². The van der Waals surface area contributed by atoms with Gasteiger partial charge in [0.1, 0.15) is 11.9 Å². The quantitative estimate of drug-likeness (QED) is 0.913. The van der Waals surface area contributed by atoms with Crippen LogP contribution in [0, 0.1) is 0 Å². The molecule has 0 saturated carbocycles. The molecule has 6 heteroatoms. The van der Waals surface area contributed by atoms with Crippen molar-refractivity contribution < 1.29 is 9.53 Å². The molecule has 1 N–H and O–H groups in total. The lowest BCUT2D eigenvalue weighted by Gasteiger charge is -2.12. The Morgan fingerprint density at radius 3 is 2.95 bits per heavy atom. The fourth-order valence-corrected chi connectivity index (χ4v) is 2.84. The molecule has 0 bridgehead atoms. The number of thioether (sulfide) groups is 1. The topological polar surface area (TPSA) is 64.1 Å². The zero-order valence-corrected chi connectivity index (χ0v) is 13.1. The van der Waals surface area contributed by atoms with Crippen molar-refractivity contribution in [2.24, 2.45) is 0 Å². The summed E-state index contributed by atoms with van der Waals surface area (Å²) in [5.74, 6) is 2.01. The smallest absolute Gasteiger partial charge is 0.230 e. The van der Waals surface area contributed by atoms with Crippen molar-refractivity contribution in [3.63, 3.8) is 0 Å². The van der Waals surface area contributed by atoms with E-state index in [-0.39, 0.29) is 12.0 Å². The molecule has 1 amide bonds. The number of nitrogens with zero attached hydrogens (tertiary/aromatic N) is 2. The zero-order valence-electron chi connectivity index (χ0n) is 12.3. The van der Waals surface area contributed by atoms with E-state index < -0.39 is 0 Å². The minimum absolute atomic E-state index is 0.0364. The molecule has 1 atom stereocenters. The number of aromatic nitrogens is 2. The molecular weight excluding hydrogens is 298 g/mol. The van der Waals surface area contributed by atoms with Crippen molar-refractivity contribution in [2.75, 3.05) is 18.6 Å². The Labute approximate surface area is 133 Å². The Hall–Kier alpha value is -2.08. The van der Waals surface area contributed by atoms with Crippen LogP contribution in [0.2, 0.25) is 0 Å². The van der Waals surface area contributed by atoms with Gasteiger partial charge in [0.2, 0.25) is 5.91 Å². The van der Waals surface area contributed by atoms with Crippen LogP contribution < -0.4 is 10.1 Å². The number of amides is 1. The number of fused-ring (bicyclic) bond motifs is 1. The van der Waals surface area contributed by atoms with Gasteiger partial charge in [0.05, 0.1) is 17.9 Å². The van der Waals surface area contributed by atoms with E-state index in [1.54, 1.807) is 18.5 Å². The Morgan fingerprint density at radius 1 is 1.36 bits per heavy atom. The summed E-state index contributed by atoms with van der Waals surface area (Å²) in [6.07, 6.45) is 6.10. The summed E-state index contributed by atoms with van der Waals surface area (Å²) >= 11 is 1.51. The third-order valence-electron chi connectivity index (χ3n) is 3.44. The van der Waals surface area contributed by atoms with Gasteiger partial charge in [0.15, 0.2) is 5.82 Å². The average Bonchev–Trinajstić information content (AvgIpc) is 2.97. The first-order valence-corrected chi connectivity index (χ1v) is 8.49. The van der Waals surface area contributed by atoms with Crippen LogP contribution in [0.3, 0.4) is 0 Å². The second-order valence-corrected chi connectivity index (χ2v) is 5.91. The molecule has 2 aromatic rings. The number of carbonyl (C=O) groups excluding carboxylic acids is 1. The summed E-state index contributed by atoms with van der Waals surface area (Å²) in [6, 6.07) is 7.79. The van der Waals surface area contributed by atoms with Crippen LogP contribution in [0.25, 0.3) is 11.4 Å². The average molecular weight is 315 g/mol. The number of para-hydroxylation sites is 1. The van der Waals surface area contributed by atoms with Gasteiger partial charge in [-0.1, -0.05) is 12.1 Å². The van der Waals surface area contributed by atoms with E-state index in [4.69, 9.17) is 4.74 Å². The van der Waals surface area contributed by atoms with Crippen molar-refractivity contribution in [3.05, 3.63) is 42.2 Å². The summed E-state index contributed by atoms with van der Waals surface area (Å²) in [4.78, 5) is 20.1. The third kappa shape index (κ3) is 3.22. The fraction of sp³-hybridized carbons (Fsp3) is 0.312. The largest absolute Gasteiger partial charge is 0.487 e. The molecule has 1 aliphatic heterocycles. The molecule has 1 aromatic heterocycles. The molecule has 114 valence electrons. The Kier molecular flexibility index (Phi) is 4.58. The van der Waals surface area contributed by atoms with E-state index in [1.165, 1.54) is 11.8 Å². The number of ether oxygens (including phenoxy) is 1. The van der Waals surface area contributed by atoms with Gasteiger partial charge < -0.3 is 10.1 Å². The van der Waals surface area contributed by atoms with Crippen molar-refractivity contribution >= 4 is 17.7 Å². The fourth-order valence-electron chi connectivity index (χ4n) is 2.48. The summed E-state index contributed by atoms with van der Waals surface area (Å²) in [7, 11) is 0. The van der Waals surface area contributed by atoms with E-state index in [9.17, 15) is 4.79 Å². The van der Waals surface area contributed by atoms with Crippen molar-refractivity contribution in [2.45, 2.75) is 12.5 Å². The molecule has 2 heterocycles. The van der Waals surface area contributed by atoms with Gasteiger partial charge in [-0.25, -0.2) is 9.97 Å². The van der Waals surface area contributed by atoms with Crippen LogP contribution >= 0.6 is 11.8 Å². The van der Waals surface area contributed by atoms with E-state index >= 15 is 0 Å². The molecule has 3 rings (SSSR count). The number of carbonyl (C=O) groups is 1. The monoisotopic (exact) mass is 315 g/mol. The third-order valence-corrected chi connectivity index (χ3v) is 3.99. The number of nitrogens with one attached hydrogen (secondary N) is 1. The van der Waals surface area contributed by atoms with Crippen molar-refractivity contribution in [1.29, 1.82) is 0 Å². The van der Waals surface area contributed by atoms with Gasteiger partial charge >= 0.3 is 0 Å². The minimum atomic E-state index is -0.0364. The summed E-state index contributed by atoms with van der Waals surface area (Å²) < 4.78 is 6.02. The normalized spacial score (nSPS) is 16.0. The summed E-state index contributed by atoms with van der Waals surface area (Å²) in [5.41, 5.74) is 2.03. The highest BCUT2D eigenvalue weighted by atomic mass is 32.2. The van der Waals surface area contributed by atoms with E-state index in [0.717, 1.165) is 23.3 Å². The predicted molar refractivity (Wildman–Crippen MR) is 87.0 cm³/mol. The van der Waals surface area contributed by atoms with Gasteiger partial charge in [0, 0.05) is 18.8 Å². The Bertz CT molecular complexity index is 664. The second-order valence-electron chi connectivity index (χ2n) is 5.05. The molecule has 1 aromatic carbocycles. The number of rotatable bonds is 5. The standard InChI is InChI=1S/C16H17N3O2S/c1-22-10-14(20)19-9-12-8-11-4-2-5-13(15(11)21-12)16-17-6-3-7-18-16/h2-7,12H,8-10H2,1H3,(H,19,20)/t12-/m1/s1. The maximum Gasteiger partial charge on any atom is 0.230 e. The van der Waals surface area contributed by atoms with Crippen molar-refractivity contribution in [1.82, 2.24) is 15.3 Å². The molecule has 22 heavy (non-hydrogen) atoms. The SMILES string of the molecule is CSCC(=O)NC[C@H]1Cc2cccc(-c3ncccn3)c2O1. The Balaban J connectivity index is 1.72. The number of benzene rings is 1. The highest BCUT2D eigenvalue weighted by Crippen LogP contribution is 2.37. The van der Waals surface area contributed by atoms with Gasteiger partial charge in [-0.3, -0.25) is 4.79 Å². The molecule has 0 saturated heterocycles. The molecule has 5 nitrogen and oxygen atoms in total. The lowest BCUT2D eigenvalue weighted by molar-refractivity contribution is -0.118. The summed E-state index contributed by atoms with van der Waals surface area (Å²) in [5, 5.41) is 2.90. The lowest BCUT2D eigenvalue weighted by atomic mass is 10.1. The van der Waals surface area contributed by atoms with Crippen LogP contribution in [-0.4, -0.2) is 40.5 Å². The molecular formula is C16H17N3O2S. The van der Waals surface area contributed by atoms with Crippen LogP contribution in [0.15, 0.2) is 36.7 Å². The van der Waals surface area contributed by atoms with E-state index in [2.05, 4.69) is 15.3 Å².